The van der Waals surface area contributed by atoms with E-state index in [-0.39, 0.29) is 0 Å². The third kappa shape index (κ3) is 3.50. The van der Waals surface area contributed by atoms with Crippen molar-refractivity contribution in [3.05, 3.63) is 33.6 Å². The van der Waals surface area contributed by atoms with E-state index >= 15 is 0 Å². The number of likely N-dealkylation sites (tertiary alicyclic amines) is 1. The summed E-state index contributed by atoms with van der Waals surface area (Å²) >= 11 is 2.04. The first kappa shape index (κ1) is 15.3. The van der Waals surface area contributed by atoms with Gasteiger partial charge in [-0.15, -0.1) is 11.3 Å². The van der Waals surface area contributed by atoms with E-state index in [9.17, 15) is 0 Å². The Morgan fingerprint density at radius 1 is 1.13 bits per heavy atom. The van der Waals surface area contributed by atoms with Gasteiger partial charge >= 0.3 is 0 Å². The molecule has 2 aromatic heterocycles. The molecule has 0 spiro atoms. The van der Waals surface area contributed by atoms with Gasteiger partial charge in [0.1, 0.15) is 0 Å². The Bertz CT molecular complexity index is 636. The summed E-state index contributed by atoms with van der Waals surface area (Å²) in [6, 6.07) is 4.73. The minimum Gasteiger partial charge on any atom is -0.340 e. The number of hydrogen-bond acceptors (Lipinski definition) is 5. The molecular formula is C18H25N3OS. The van der Waals surface area contributed by atoms with Crippen molar-refractivity contribution in [1.29, 1.82) is 0 Å². The summed E-state index contributed by atoms with van der Waals surface area (Å²) in [5.41, 5.74) is 0. The number of hydrogen-bond donors (Lipinski definition) is 0. The molecule has 2 aromatic rings. The van der Waals surface area contributed by atoms with Crippen LogP contribution in [0.3, 0.4) is 0 Å². The van der Waals surface area contributed by atoms with Gasteiger partial charge in [0.2, 0.25) is 5.89 Å². The predicted molar refractivity (Wildman–Crippen MR) is 91.8 cm³/mol. The Balaban J connectivity index is 1.31. The minimum absolute atomic E-state index is 0.473. The Hall–Kier alpha value is -1.20. The van der Waals surface area contributed by atoms with Crippen LogP contribution in [-0.2, 0) is 6.54 Å². The van der Waals surface area contributed by atoms with Crippen LogP contribution in [0, 0.1) is 6.92 Å². The quantitative estimate of drug-likeness (QED) is 0.828. The second-order valence-corrected chi connectivity index (χ2v) is 8.21. The molecule has 4 rings (SSSR count). The van der Waals surface area contributed by atoms with E-state index in [1.807, 2.05) is 18.3 Å². The predicted octanol–water partition coefficient (Wildman–Crippen LogP) is 4.48. The number of nitrogens with zero attached hydrogens (tertiary/aromatic N) is 3. The molecule has 0 amide bonds. The Morgan fingerprint density at radius 3 is 2.61 bits per heavy atom. The molecule has 1 aliphatic carbocycles. The summed E-state index contributed by atoms with van der Waals surface area (Å²) in [6.45, 7) is 5.24. The average Bonchev–Trinajstić information content (AvgIpc) is 3.28. The lowest BCUT2D eigenvalue weighted by atomic mass is 9.96. The molecule has 0 aromatic carbocycles. The van der Waals surface area contributed by atoms with Crippen molar-refractivity contribution in [3.8, 4) is 0 Å². The monoisotopic (exact) mass is 331 g/mol. The summed E-state index contributed by atoms with van der Waals surface area (Å²) in [4.78, 5) is 10.1. The number of aromatic nitrogens is 2. The van der Waals surface area contributed by atoms with E-state index in [0.29, 0.717) is 11.8 Å². The van der Waals surface area contributed by atoms with Crippen LogP contribution in [0.4, 0.5) is 0 Å². The zero-order valence-electron chi connectivity index (χ0n) is 13.8. The average molecular weight is 331 g/mol. The third-order valence-corrected chi connectivity index (χ3v) is 6.55. The maximum Gasteiger partial charge on any atom is 0.223 e. The van der Waals surface area contributed by atoms with Gasteiger partial charge in [0.25, 0.3) is 0 Å². The molecule has 0 atom stereocenters. The molecule has 124 valence electrons. The summed E-state index contributed by atoms with van der Waals surface area (Å²) in [6.07, 6.45) is 7.91. The number of piperidine rings is 1. The Kier molecular flexibility index (Phi) is 4.49. The highest BCUT2D eigenvalue weighted by Gasteiger charge is 2.25. The number of thiophene rings is 1. The van der Waals surface area contributed by atoms with Gasteiger partial charge in [-0.1, -0.05) is 18.0 Å². The second-order valence-electron chi connectivity index (χ2n) is 7.01. The van der Waals surface area contributed by atoms with Crippen LogP contribution >= 0.6 is 11.3 Å². The fourth-order valence-electron chi connectivity index (χ4n) is 3.96. The number of rotatable bonds is 4. The van der Waals surface area contributed by atoms with Crippen LogP contribution in [0.15, 0.2) is 16.7 Å². The first-order chi connectivity index (χ1) is 11.3. The maximum atomic E-state index is 5.12. The number of aryl methyl sites for hydroxylation is 1. The van der Waals surface area contributed by atoms with Crippen LogP contribution in [-0.4, -0.2) is 28.1 Å². The molecule has 0 N–H and O–H groups in total. The SMILES string of the molecule is Cc1nc(C2CCN(Cc3ccc(C4CCCC4)s3)CC2)no1. The van der Waals surface area contributed by atoms with Gasteiger partial charge < -0.3 is 4.52 Å². The van der Waals surface area contributed by atoms with Crippen molar-refractivity contribution in [2.24, 2.45) is 0 Å². The largest absolute Gasteiger partial charge is 0.340 e. The van der Waals surface area contributed by atoms with Gasteiger partial charge in [0.05, 0.1) is 0 Å². The molecule has 23 heavy (non-hydrogen) atoms. The Labute approximate surface area is 141 Å². The molecule has 5 heteroatoms. The third-order valence-electron chi connectivity index (χ3n) is 5.32. The van der Waals surface area contributed by atoms with E-state index < -0.39 is 0 Å². The molecule has 0 radical (unpaired) electrons. The smallest absolute Gasteiger partial charge is 0.223 e. The molecule has 2 fully saturated rings. The molecule has 1 aliphatic heterocycles. The lowest BCUT2D eigenvalue weighted by Crippen LogP contribution is -2.32. The van der Waals surface area contributed by atoms with Gasteiger partial charge in [-0.2, -0.15) is 4.98 Å². The van der Waals surface area contributed by atoms with E-state index in [4.69, 9.17) is 4.52 Å². The van der Waals surface area contributed by atoms with E-state index in [1.165, 1.54) is 30.6 Å². The first-order valence-corrected chi connectivity index (χ1v) is 9.71. The van der Waals surface area contributed by atoms with Crippen LogP contribution in [0.5, 0.6) is 0 Å². The first-order valence-electron chi connectivity index (χ1n) is 8.89. The van der Waals surface area contributed by atoms with Crippen molar-refractivity contribution in [3.63, 3.8) is 0 Å². The minimum atomic E-state index is 0.473. The molecule has 3 heterocycles. The van der Waals surface area contributed by atoms with Crippen molar-refractivity contribution in [2.75, 3.05) is 13.1 Å². The standard InChI is InChI=1S/C18H25N3OS/c1-13-19-18(20-22-13)15-8-10-21(11-9-15)12-16-6-7-17(23-16)14-4-2-3-5-14/h6-7,14-15H,2-5,8-12H2,1H3. The summed E-state index contributed by atoms with van der Waals surface area (Å²) in [7, 11) is 0. The molecule has 4 nitrogen and oxygen atoms in total. The van der Waals surface area contributed by atoms with Crippen LogP contribution in [0.25, 0.3) is 0 Å². The molecule has 0 unspecified atom stereocenters. The highest BCUT2D eigenvalue weighted by molar-refractivity contribution is 7.12. The molecular weight excluding hydrogens is 306 g/mol. The fourth-order valence-corrected chi connectivity index (χ4v) is 5.18. The van der Waals surface area contributed by atoms with E-state index in [1.54, 1.807) is 4.88 Å². The van der Waals surface area contributed by atoms with Gasteiger partial charge in [-0.3, -0.25) is 4.90 Å². The Morgan fingerprint density at radius 2 is 1.91 bits per heavy atom. The van der Waals surface area contributed by atoms with Crippen molar-refractivity contribution < 1.29 is 4.52 Å². The highest BCUT2D eigenvalue weighted by Crippen LogP contribution is 2.38. The second kappa shape index (κ2) is 6.73. The van der Waals surface area contributed by atoms with Crippen molar-refractivity contribution in [1.82, 2.24) is 15.0 Å². The molecule has 2 aliphatic rings. The van der Waals surface area contributed by atoms with Crippen LogP contribution in [0.1, 0.15) is 71.8 Å². The fraction of sp³-hybridized carbons (Fsp3) is 0.667. The van der Waals surface area contributed by atoms with Gasteiger partial charge in [0.15, 0.2) is 5.82 Å². The van der Waals surface area contributed by atoms with Crippen LogP contribution < -0.4 is 0 Å². The molecule has 1 saturated heterocycles. The lowest BCUT2D eigenvalue weighted by Gasteiger charge is -2.30. The molecule has 0 bridgehead atoms. The normalized spacial score (nSPS) is 21.3. The summed E-state index contributed by atoms with van der Waals surface area (Å²) in [5, 5.41) is 4.09. The maximum absolute atomic E-state index is 5.12. The summed E-state index contributed by atoms with van der Waals surface area (Å²) < 4.78 is 5.12. The summed E-state index contributed by atoms with van der Waals surface area (Å²) in [5.74, 6) is 2.91. The van der Waals surface area contributed by atoms with E-state index in [0.717, 1.165) is 44.2 Å². The van der Waals surface area contributed by atoms with Crippen molar-refractivity contribution >= 4 is 11.3 Å². The zero-order chi connectivity index (χ0) is 15.6. The van der Waals surface area contributed by atoms with Crippen LogP contribution in [0.2, 0.25) is 0 Å². The van der Waals surface area contributed by atoms with Gasteiger partial charge in [-0.05, 0) is 56.8 Å². The van der Waals surface area contributed by atoms with Gasteiger partial charge in [0, 0.05) is 29.1 Å². The topological polar surface area (TPSA) is 42.2 Å². The highest BCUT2D eigenvalue weighted by atomic mass is 32.1. The lowest BCUT2D eigenvalue weighted by molar-refractivity contribution is 0.201. The van der Waals surface area contributed by atoms with Crippen molar-refractivity contribution in [2.45, 2.75) is 63.8 Å². The zero-order valence-corrected chi connectivity index (χ0v) is 14.6. The van der Waals surface area contributed by atoms with E-state index in [2.05, 4.69) is 27.2 Å². The molecule has 1 saturated carbocycles. The van der Waals surface area contributed by atoms with Gasteiger partial charge in [-0.25, -0.2) is 0 Å².